The Hall–Kier alpha value is -1.02. The molecule has 0 fully saturated rings. The van der Waals surface area contributed by atoms with Crippen LogP contribution >= 0.6 is 0 Å². The quantitative estimate of drug-likeness (QED) is 0.653. The van der Waals surface area contributed by atoms with Crippen LogP contribution in [0.2, 0.25) is 0 Å². The van der Waals surface area contributed by atoms with E-state index in [1.807, 2.05) is 24.3 Å². The fraction of sp³-hybridized carbons (Fsp3) is 0.538. The van der Waals surface area contributed by atoms with Crippen molar-refractivity contribution >= 4 is 0 Å². The van der Waals surface area contributed by atoms with E-state index in [4.69, 9.17) is 4.74 Å². The lowest BCUT2D eigenvalue weighted by molar-refractivity contribution is 0.0764. The lowest BCUT2D eigenvalue weighted by Crippen LogP contribution is -1.99. The van der Waals surface area contributed by atoms with E-state index in [1.165, 1.54) is 0 Å². The van der Waals surface area contributed by atoms with Crippen LogP contribution in [0.3, 0.4) is 0 Å². The van der Waals surface area contributed by atoms with E-state index >= 15 is 0 Å². The Balaban J connectivity index is 2.59. The molecule has 1 aromatic carbocycles. The van der Waals surface area contributed by atoms with Crippen molar-refractivity contribution in [1.29, 1.82) is 0 Å². The first-order valence-electron chi connectivity index (χ1n) is 5.58. The van der Waals surface area contributed by atoms with Crippen molar-refractivity contribution in [3.8, 4) is 5.75 Å². The monoisotopic (exact) mass is 207 g/mol. The molecule has 0 spiro atoms. The van der Waals surface area contributed by atoms with Gasteiger partial charge in [0.1, 0.15) is 11.9 Å². The molecule has 0 aliphatic carbocycles. The predicted molar refractivity (Wildman–Crippen MR) is 60.6 cm³/mol. The molecule has 0 bridgehead atoms. The van der Waals surface area contributed by atoms with Crippen LogP contribution in [0.1, 0.15) is 44.3 Å². The molecule has 0 heterocycles. The normalized spacial score (nSPS) is 12.5. The van der Waals surface area contributed by atoms with Gasteiger partial charge in [0.25, 0.3) is 0 Å². The summed E-state index contributed by atoms with van der Waals surface area (Å²) < 4.78 is 5.17. The second-order valence-corrected chi connectivity index (χ2v) is 3.73. The summed E-state index contributed by atoms with van der Waals surface area (Å²) in [6.45, 7) is 2.14. The van der Waals surface area contributed by atoms with Crippen molar-refractivity contribution in [2.45, 2.75) is 38.7 Å². The van der Waals surface area contributed by atoms with Gasteiger partial charge in [0, 0.05) is 5.56 Å². The van der Waals surface area contributed by atoms with E-state index in [9.17, 15) is 5.11 Å². The van der Waals surface area contributed by atoms with Crippen molar-refractivity contribution in [3.05, 3.63) is 29.8 Å². The minimum absolute atomic E-state index is 0.646. The molecule has 2 heteroatoms. The molecule has 0 saturated heterocycles. The Morgan fingerprint density at radius 3 is 2.67 bits per heavy atom. The molecule has 1 atom stereocenters. The van der Waals surface area contributed by atoms with Gasteiger partial charge < -0.3 is 4.74 Å². The summed E-state index contributed by atoms with van der Waals surface area (Å²) in [6.07, 6.45) is 3.34. The van der Waals surface area contributed by atoms with Crippen LogP contribution in [0, 0.1) is 0 Å². The summed E-state index contributed by atoms with van der Waals surface area (Å²) in [5.41, 5.74) is 0.788. The smallest absolute Gasteiger partial charge is 0.124 e. The number of benzene rings is 1. The summed E-state index contributed by atoms with van der Waals surface area (Å²) in [5, 5.41) is 11.9. The first kappa shape index (κ1) is 12.1. The highest BCUT2D eigenvalue weighted by molar-refractivity contribution is 5.34. The molecular weight excluding hydrogens is 188 g/mol. The van der Waals surface area contributed by atoms with Gasteiger partial charge in [0.05, 0.1) is 7.11 Å². The second kappa shape index (κ2) is 6.46. The number of unbranched alkanes of at least 4 members (excludes halogenated alkanes) is 2. The topological polar surface area (TPSA) is 29.1 Å². The van der Waals surface area contributed by atoms with E-state index in [2.05, 4.69) is 6.92 Å². The van der Waals surface area contributed by atoms with Crippen LogP contribution in [-0.4, -0.2) is 7.11 Å². The van der Waals surface area contributed by atoms with Crippen molar-refractivity contribution in [2.75, 3.05) is 7.11 Å². The third-order valence-electron chi connectivity index (χ3n) is 2.56. The first-order chi connectivity index (χ1) is 7.29. The Kier molecular flexibility index (Phi) is 5.19. The zero-order chi connectivity index (χ0) is 11.1. The van der Waals surface area contributed by atoms with Gasteiger partial charge >= 0.3 is 0 Å². The fourth-order valence-electron chi connectivity index (χ4n) is 1.67. The maximum atomic E-state index is 11.9. The molecule has 0 saturated carbocycles. The lowest BCUT2D eigenvalue weighted by Gasteiger charge is -2.12. The van der Waals surface area contributed by atoms with Crippen LogP contribution < -0.4 is 4.74 Å². The van der Waals surface area contributed by atoms with Crippen molar-refractivity contribution in [3.63, 3.8) is 0 Å². The molecule has 1 aromatic rings. The zero-order valence-corrected chi connectivity index (χ0v) is 9.53. The molecular formula is C13H19O2. The van der Waals surface area contributed by atoms with Gasteiger partial charge in [-0.25, -0.2) is 5.11 Å². The minimum atomic E-state index is -0.646. The van der Waals surface area contributed by atoms with Crippen LogP contribution in [0.25, 0.3) is 0 Å². The molecule has 2 nitrogen and oxygen atoms in total. The lowest BCUT2D eigenvalue weighted by atomic mass is 10.0. The van der Waals surface area contributed by atoms with Gasteiger partial charge in [-0.15, -0.1) is 0 Å². The van der Waals surface area contributed by atoms with Gasteiger partial charge in [-0.1, -0.05) is 44.4 Å². The van der Waals surface area contributed by atoms with Crippen LogP contribution in [0.4, 0.5) is 0 Å². The summed E-state index contributed by atoms with van der Waals surface area (Å²) in [7, 11) is 1.61. The highest BCUT2D eigenvalue weighted by atomic mass is 16.5. The summed E-state index contributed by atoms with van der Waals surface area (Å²) in [5.74, 6) is 0.717. The number of hydrogen-bond acceptors (Lipinski definition) is 1. The molecule has 0 aliphatic heterocycles. The minimum Gasteiger partial charge on any atom is -0.496 e. The highest BCUT2D eigenvalue weighted by Gasteiger charge is 2.13. The Morgan fingerprint density at radius 2 is 2.00 bits per heavy atom. The van der Waals surface area contributed by atoms with E-state index in [-0.39, 0.29) is 0 Å². The Morgan fingerprint density at radius 1 is 1.27 bits per heavy atom. The molecule has 83 valence electrons. The number of ether oxygens (including phenoxy) is 1. The first-order valence-corrected chi connectivity index (χ1v) is 5.58. The molecule has 1 unspecified atom stereocenters. The largest absolute Gasteiger partial charge is 0.496 e. The molecule has 0 aliphatic rings. The van der Waals surface area contributed by atoms with Crippen LogP contribution in [-0.2, 0) is 5.11 Å². The zero-order valence-electron chi connectivity index (χ0n) is 9.53. The number of hydrogen-bond donors (Lipinski definition) is 0. The van der Waals surface area contributed by atoms with Gasteiger partial charge in [-0.3, -0.25) is 0 Å². The molecule has 1 rings (SSSR count). The standard InChI is InChI=1S/C13H19O2/c1-3-4-5-9-12(14)11-8-6-7-10-13(11)15-2/h6-8,10,12H,3-5,9H2,1-2H3. The summed E-state index contributed by atoms with van der Waals surface area (Å²) >= 11 is 0. The number of rotatable bonds is 6. The van der Waals surface area contributed by atoms with Crippen LogP contribution in [0.15, 0.2) is 24.3 Å². The predicted octanol–water partition coefficient (Wildman–Crippen LogP) is 3.75. The number of para-hydroxylation sites is 1. The fourth-order valence-corrected chi connectivity index (χ4v) is 1.67. The van der Waals surface area contributed by atoms with Crippen molar-refractivity contribution in [2.24, 2.45) is 0 Å². The van der Waals surface area contributed by atoms with E-state index < -0.39 is 6.10 Å². The average Bonchev–Trinajstić information content (AvgIpc) is 2.29. The van der Waals surface area contributed by atoms with E-state index in [0.29, 0.717) is 12.2 Å². The molecule has 0 amide bonds. The van der Waals surface area contributed by atoms with Gasteiger partial charge in [-0.2, -0.15) is 0 Å². The molecule has 1 radical (unpaired) electrons. The van der Waals surface area contributed by atoms with Gasteiger partial charge in [0.2, 0.25) is 0 Å². The molecule has 0 N–H and O–H groups in total. The maximum Gasteiger partial charge on any atom is 0.124 e. The van der Waals surface area contributed by atoms with Crippen molar-refractivity contribution < 1.29 is 9.84 Å². The van der Waals surface area contributed by atoms with E-state index in [1.54, 1.807) is 7.11 Å². The summed E-state index contributed by atoms with van der Waals surface area (Å²) in [4.78, 5) is 0. The number of methoxy groups -OCH3 is 1. The molecule has 15 heavy (non-hydrogen) atoms. The van der Waals surface area contributed by atoms with Crippen molar-refractivity contribution in [1.82, 2.24) is 0 Å². The van der Waals surface area contributed by atoms with Gasteiger partial charge in [0.15, 0.2) is 0 Å². The highest BCUT2D eigenvalue weighted by Crippen LogP contribution is 2.28. The third kappa shape index (κ3) is 3.56. The Labute approximate surface area is 91.9 Å². The van der Waals surface area contributed by atoms with E-state index in [0.717, 1.165) is 24.8 Å². The average molecular weight is 207 g/mol. The SMILES string of the molecule is CCCCCC([O])c1ccccc1OC. The maximum absolute atomic E-state index is 11.9. The summed E-state index contributed by atoms with van der Waals surface area (Å²) in [6, 6.07) is 7.49. The van der Waals surface area contributed by atoms with Crippen LogP contribution in [0.5, 0.6) is 5.75 Å². The molecule has 0 aromatic heterocycles. The third-order valence-corrected chi connectivity index (χ3v) is 2.56. The second-order valence-electron chi connectivity index (χ2n) is 3.73. The van der Waals surface area contributed by atoms with Gasteiger partial charge in [-0.05, 0) is 12.5 Å². The Bertz CT molecular complexity index is 284.